The highest BCUT2D eigenvalue weighted by Gasteiger charge is 2.21. The molecule has 2 aromatic carbocycles. The zero-order valence-corrected chi connectivity index (χ0v) is 15.0. The number of carbonyl (C=O) groups is 2. The molecule has 1 saturated heterocycles. The van der Waals surface area contributed by atoms with Gasteiger partial charge in [-0.1, -0.05) is 12.1 Å². The van der Waals surface area contributed by atoms with Crippen LogP contribution in [-0.4, -0.2) is 38.7 Å². The number of nitrogens with zero attached hydrogens (tertiary/aromatic N) is 3. The van der Waals surface area contributed by atoms with E-state index in [1.165, 1.54) is 0 Å². The smallest absolute Gasteiger partial charge is 0.271 e. The summed E-state index contributed by atoms with van der Waals surface area (Å²) < 4.78 is 0. The summed E-state index contributed by atoms with van der Waals surface area (Å²) in [6, 6.07) is 14.8. The average Bonchev–Trinajstić information content (AvgIpc) is 3.08. The molecule has 1 fully saturated rings. The van der Waals surface area contributed by atoms with Gasteiger partial charge in [0, 0.05) is 44.0 Å². The summed E-state index contributed by atoms with van der Waals surface area (Å²) in [6.07, 6.45) is 3.08. The highest BCUT2D eigenvalue weighted by molar-refractivity contribution is 5.97. The lowest BCUT2D eigenvalue weighted by Crippen LogP contribution is -2.24. The largest absolute Gasteiger partial charge is 0.378 e. The minimum atomic E-state index is -0.287. The molecule has 6 heteroatoms. The van der Waals surface area contributed by atoms with Gasteiger partial charge in [0.25, 0.3) is 5.91 Å². The number of hydrazone groups is 1. The predicted molar refractivity (Wildman–Crippen MR) is 104 cm³/mol. The van der Waals surface area contributed by atoms with Crippen molar-refractivity contribution in [2.45, 2.75) is 12.8 Å². The Morgan fingerprint density at radius 2 is 1.81 bits per heavy atom. The summed E-state index contributed by atoms with van der Waals surface area (Å²) in [5.41, 5.74) is 5.85. The van der Waals surface area contributed by atoms with Crippen molar-refractivity contribution in [2.24, 2.45) is 5.10 Å². The van der Waals surface area contributed by atoms with Gasteiger partial charge >= 0.3 is 0 Å². The Bertz CT molecular complexity index is 811. The molecule has 0 radical (unpaired) electrons. The molecule has 2 aromatic rings. The zero-order chi connectivity index (χ0) is 18.5. The SMILES string of the molecule is CN(C)c1ccc(C=NNC(=O)c2ccc(N3CCCC3=O)cc2)cc1. The van der Waals surface area contributed by atoms with E-state index in [1.54, 1.807) is 35.4 Å². The second-order valence-corrected chi connectivity index (χ2v) is 6.38. The van der Waals surface area contributed by atoms with Gasteiger partial charge in [-0.3, -0.25) is 9.59 Å². The molecule has 0 spiro atoms. The number of rotatable bonds is 5. The van der Waals surface area contributed by atoms with E-state index in [2.05, 4.69) is 10.5 Å². The Balaban J connectivity index is 1.58. The molecule has 0 bridgehead atoms. The molecule has 0 saturated carbocycles. The van der Waals surface area contributed by atoms with E-state index in [0.29, 0.717) is 12.0 Å². The lowest BCUT2D eigenvalue weighted by Gasteiger charge is -2.15. The molecule has 1 aliphatic heterocycles. The molecule has 0 unspecified atom stereocenters. The number of anilines is 2. The summed E-state index contributed by atoms with van der Waals surface area (Å²) in [4.78, 5) is 27.7. The second-order valence-electron chi connectivity index (χ2n) is 6.38. The van der Waals surface area contributed by atoms with E-state index in [4.69, 9.17) is 0 Å². The normalized spacial score (nSPS) is 14.1. The van der Waals surface area contributed by atoms with Crippen LogP contribution in [0.15, 0.2) is 53.6 Å². The third-order valence-corrected chi connectivity index (χ3v) is 4.30. The second kappa shape index (κ2) is 7.82. The van der Waals surface area contributed by atoms with Crippen molar-refractivity contribution >= 4 is 29.4 Å². The van der Waals surface area contributed by atoms with Gasteiger partial charge in [-0.15, -0.1) is 0 Å². The maximum Gasteiger partial charge on any atom is 0.271 e. The fourth-order valence-electron chi connectivity index (χ4n) is 2.80. The summed E-state index contributed by atoms with van der Waals surface area (Å²) in [7, 11) is 3.96. The third-order valence-electron chi connectivity index (χ3n) is 4.30. The van der Waals surface area contributed by atoms with Gasteiger partial charge in [0.15, 0.2) is 0 Å². The highest BCUT2D eigenvalue weighted by Crippen LogP contribution is 2.21. The lowest BCUT2D eigenvalue weighted by molar-refractivity contribution is -0.117. The zero-order valence-electron chi connectivity index (χ0n) is 15.0. The first-order valence-electron chi connectivity index (χ1n) is 8.56. The van der Waals surface area contributed by atoms with Gasteiger partial charge in [0.2, 0.25) is 5.91 Å². The van der Waals surface area contributed by atoms with Crippen LogP contribution < -0.4 is 15.2 Å². The van der Waals surface area contributed by atoms with Gasteiger partial charge in [0.1, 0.15) is 0 Å². The monoisotopic (exact) mass is 350 g/mol. The standard InChI is InChI=1S/C20H22N4O2/c1-23(2)17-9-5-15(6-10-17)14-21-22-20(26)16-7-11-18(12-8-16)24-13-3-4-19(24)25/h5-12,14H,3-4,13H2,1-2H3,(H,22,26). The predicted octanol–water partition coefficient (Wildman–Crippen LogP) is 2.64. The molecular weight excluding hydrogens is 328 g/mol. The molecule has 6 nitrogen and oxygen atoms in total. The van der Waals surface area contributed by atoms with Crippen molar-refractivity contribution in [3.8, 4) is 0 Å². The molecular formula is C20H22N4O2. The number of carbonyl (C=O) groups excluding carboxylic acids is 2. The van der Waals surface area contributed by atoms with Crippen molar-refractivity contribution in [3.05, 3.63) is 59.7 Å². The Labute approximate surface area is 153 Å². The van der Waals surface area contributed by atoms with Crippen LogP contribution in [-0.2, 0) is 4.79 Å². The van der Waals surface area contributed by atoms with Crippen LogP contribution >= 0.6 is 0 Å². The summed E-state index contributed by atoms with van der Waals surface area (Å²) >= 11 is 0. The number of amides is 2. The average molecular weight is 350 g/mol. The van der Waals surface area contributed by atoms with Gasteiger partial charge in [0.05, 0.1) is 6.21 Å². The Morgan fingerprint density at radius 1 is 1.12 bits per heavy atom. The van der Waals surface area contributed by atoms with E-state index >= 15 is 0 Å². The Hall–Kier alpha value is -3.15. The molecule has 134 valence electrons. The Kier molecular flexibility index (Phi) is 5.31. The van der Waals surface area contributed by atoms with Crippen LogP contribution in [0.1, 0.15) is 28.8 Å². The van der Waals surface area contributed by atoms with E-state index in [0.717, 1.165) is 29.9 Å². The van der Waals surface area contributed by atoms with Crippen molar-refractivity contribution in [1.29, 1.82) is 0 Å². The van der Waals surface area contributed by atoms with Gasteiger partial charge < -0.3 is 9.80 Å². The molecule has 2 amide bonds. The van der Waals surface area contributed by atoms with Crippen molar-refractivity contribution < 1.29 is 9.59 Å². The number of nitrogens with one attached hydrogen (secondary N) is 1. The van der Waals surface area contributed by atoms with Gasteiger partial charge in [-0.05, 0) is 48.4 Å². The minimum absolute atomic E-state index is 0.132. The summed E-state index contributed by atoms with van der Waals surface area (Å²) in [5, 5.41) is 4.00. The van der Waals surface area contributed by atoms with Crippen molar-refractivity contribution in [1.82, 2.24) is 5.43 Å². The number of hydrogen-bond donors (Lipinski definition) is 1. The highest BCUT2D eigenvalue weighted by atomic mass is 16.2. The molecule has 3 rings (SSSR count). The molecule has 0 aliphatic carbocycles. The van der Waals surface area contributed by atoms with E-state index in [1.807, 2.05) is 43.3 Å². The van der Waals surface area contributed by atoms with Crippen LogP contribution in [0, 0.1) is 0 Å². The molecule has 1 heterocycles. The molecule has 1 aliphatic rings. The maximum absolute atomic E-state index is 12.2. The minimum Gasteiger partial charge on any atom is -0.378 e. The molecule has 0 aromatic heterocycles. The number of hydrogen-bond acceptors (Lipinski definition) is 4. The van der Waals surface area contributed by atoms with Crippen molar-refractivity contribution in [3.63, 3.8) is 0 Å². The van der Waals surface area contributed by atoms with Gasteiger partial charge in [-0.2, -0.15) is 5.10 Å². The quantitative estimate of drug-likeness (QED) is 0.666. The topological polar surface area (TPSA) is 65.0 Å². The molecule has 1 N–H and O–H groups in total. The molecule has 0 atom stereocenters. The fourth-order valence-corrected chi connectivity index (χ4v) is 2.80. The van der Waals surface area contributed by atoms with Gasteiger partial charge in [-0.25, -0.2) is 5.43 Å². The summed E-state index contributed by atoms with van der Waals surface area (Å²) in [5.74, 6) is -0.155. The van der Waals surface area contributed by atoms with E-state index in [9.17, 15) is 9.59 Å². The first-order valence-corrected chi connectivity index (χ1v) is 8.56. The Morgan fingerprint density at radius 3 is 2.38 bits per heavy atom. The van der Waals surface area contributed by atoms with E-state index in [-0.39, 0.29) is 11.8 Å². The van der Waals surface area contributed by atoms with Crippen LogP contribution in [0.3, 0.4) is 0 Å². The first kappa shape index (κ1) is 17.7. The lowest BCUT2D eigenvalue weighted by atomic mass is 10.2. The van der Waals surface area contributed by atoms with Crippen LogP contribution in [0.2, 0.25) is 0 Å². The third kappa shape index (κ3) is 4.08. The maximum atomic E-state index is 12.2. The fraction of sp³-hybridized carbons (Fsp3) is 0.250. The number of benzene rings is 2. The summed E-state index contributed by atoms with van der Waals surface area (Å²) in [6.45, 7) is 0.737. The van der Waals surface area contributed by atoms with Crippen LogP contribution in [0.5, 0.6) is 0 Å². The molecule has 26 heavy (non-hydrogen) atoms. The van der Waals surface area contributed by atoms with Crippen LogP contribution in [0.4, 0.5) is 11.4 Å². The van der Waals surface area contributed by atoms with Crippen LogP contribution in [0.25, 0.3) is 0 Å². The van der Waals surface area contributed by atoms with E-state index < -0.39 is 0 Å². The first-order chi connectivity index (χ1) is 12.5. The van der Waals surface area contributed by atoms with Crippen molar-refractivity contribution in [2.75, 3.05) is 30.4 Å².